The largest absolute Gasteiger partial charge is 0.504 e. The third-order valence-electron chi connectivity index (χ3n) is 5.60. The summed E-state index contributed by atoms with van der Waals surface area (Å²) in [5.74, 6) is 1.20. The molecular weight excluding hydrogens is 340 g/mol. The number of rotatable bonds is 3. The minimum atomic E-state index is -0.0122. The fourth-order valence-corrected chi connectivity index (χ4v) is 4.26. The van der Waals surface area contributed by atoms with E-state index in [2.05, 4.69) is 23.5 Å². The average molecular weight is 364 g/mol. The third-order valence-corrected chi connectivity index (χ3v) is 5.60. The highest BCUT2D eigenvalue weighted by molar-refractivity contribution is 6.00. The van der Waals surface area contributed by atoms with Gasteiger partial charge in [0.15, 0.2) is 11.5 Å². The summed E-state index contributed by atoms with van der Waals surface area (Å²) >= 11 is 0. The van der Waals surface area contributed by atoms with Crippen molar-refractivity contribution in [3.63, 3.8) is 0 Å². The average Bonchev–Trinajstić information content (AvgIpc) is 3.17. The van der Waals surface area contributed by atoms with Crippen molar-refractivity contribution in [2.75, 3.05) is 26.5 Å². The summed E-state index contributed by atoms with van der Waals surface area (Å²) < 4.78 is 5.30. The number of amides is 1. The van der Waals surface area contributed by atoms with E-state index in [0.29, 0.717) is 17.2 Å². The van der Waals surface area contributed by atoms with Gasteiger partial charge in [-0.05, 0) is 41.7 Å². The van der Waals surface area contributed by atoms with Gasteiger partial charge in [-0.15, -0.1) is 0 Å². The minimum Gasteiger partial charge on any atom is -0.504 e. The van der Waals surface area contributed by atoms with Gasteiger partial charge in [0.1, 0.15) is 0 Å². The Balaban J connectivity index is 1.82. The fourth-order valence-electron chi connectivity index (χ4n) is 4.26. The van der Waals surface area contributed by atoms with E-state index in [4.69, 9.17) is 4.74 Å². The van der Waals surface area contributed by atoms with Crippen molar-refractivity contribution >= 4 is 11.6 Å². The van der Waals surface area contributed by atoms with Crippen molar-refractivity contribution < 1.29 is 14.6 Å². The molecule has 2 N–H and O–H groups in total. The second-order valence-corrected chi connectivity index (χ2v) is 7.38. The summed E-state index contributed by atoms with van der Waals surface area (Å²) in [7, 11) is 5.09. The first-order valence-corrected chi connectivity index (χ1v) is 9.16. The van der Waals surface area contributed by atoms with Gasteiger partial charge in [-0.25, -0.2) is 0 Å². The number of ether oxygens (including phenoxy) is 1. The predicted octanol–water partition coefficient (Wildman–Crippen LogP) is 3.93. The van der Waals surface area contributed by atoms with Crippen molar-refractivity contribution in [3.05, 3.63) is 65.2 Å². The quantitative estimate of drug-likeness (QED) is 0.810. The van der Waals surface area contributed by atoms with E-state index in [-0.39, 0.29) is 23.6 Å². The van der Waals surface area contributed by atoms with E-state index < -0.39 is 0 Å². The second kappa shape index (κ2) is 6.65. The maximum Gasteiger partial charge on any atom is 0.255 e. The number of benzene rings is 2. The summed E-state index contributed by atoms with van der Waals surface area (Å²) in [6, 6.07) is 11.4. The van der Waals surface area contributed by atoms with Crippen molar-refractivity contribution in [3.8, 4) is 11.5 Å². The van der Waals surface area contributed by atoms with Gasteiger partial charge >= 0.3 is 0 Å². The molecule has 2 aliphatic rings. The number of carbonyl (C=O) groups is 1. The number of phenols is 1. The van der Waals surface area contributed by atoms with E-state index in [1.165, 1.54) is 5.56 Å². The van der Waals surface area contributed by atoms with E-state index in [9.17, 15) is 9.90 Å². The van der Waals surface area contributed by atoms with Crippen LogP contribution in [0.3, 0.4) is 0 Å². The number of hydrogen-bond donors (Lipinski definition) is 2. The number of anilines is 1. The Morgan fingerprint density at radius 2 is 2.07 bits per heavy atom. The van der Waals surface area contributed by atoms with Crippen LogP contribution in [0.25, 0.3) is 0 Å². The van der Waals surface area contributed by atoms with Gasteiger partial charge in [0.05, 0.1) is 24.4 Å². The third kappa shape index (κ3) is 2.83. The smallest absolute Gasteiger partial charge is 0.255 e. The molecule has 140 valence electrons. The maximum atomic E-state index is 12.7. The summed E-state index contributed by atoms with van der Waals surface area (Å²) in [6.45, 7) is 0. The van der Waals surface area contributed by atoms with Gasteiger partial charge in [-0.3, -0.25) is 4.79 Å². The lowest BCUT2D eigenvalue weighted by molar-refractivity contribution is 0.0828. The molecule has 4 rings (SSSR count). The number of methoxy groups -OCH3 is 1. The van der Waals surface area contributed by atoms with Crippen LogP contribution in [0.15, 0.2) is 48.6 Å². The zero-order chi connectivity index (χ0) is 19.1. The lowest BCUT2D eigenvalue weighted by Crippen LogP contribution is -2.32. The van der Waals surface area contributed by atoms with Crippen molar-refractivity contribution in [2.45, 2.75) is 18.4 Å². The Hall–Kier alpha value is -2.95. The fraction of sp³-hybridized carbons (Fsp3) is 0.318. The van der Waals surface area contributed by atoms with E-state index in [1.54, 1.807) is 32.2 Å². The van der Waals surface area contributed by atoms with E-state index >= 15 is 0 Å². The molecule has 5 heteroatoms. The molecule has 0 saturated heterocycles. The zero-order valence-corrected chi connectivity index (χ0v) is 15.8. The standard InChI is InChI=1S/C22H24N2O3/c1-24(2)22(26)17-9-5-8-16-14-6-4-7-15(14)20(23-21(16)17)13-10-11-18(25)19(12-13)27-3/h4-6,8-12,14-15,20,23,25H,7H2,1-3H3. The van der Waals surface area contributed by atoms with Crippen LogP contribution in [-0.4, -0.2) is 37.1 Å². The van der Waals surface area contributed by atoms with Crippen molar-refractivity contribution in [2.24, 2.45) is 5.92 Å². The number of carbonyl (C=O) groups excluding carboxylic acids is 1. The van der Waals surface area contributed by atoms with Crippen LogP contribution in [0, 0.1) is 5.92 Å². The van der Waals surface area contributed by atoms with Gasteiger partial charge < -0.3 is 20.1 Å². The molecule has 0 fully saturated rings. The molecule has 5 nitrogen and oxygen atoms in total. The SMILES string of the molecule is COc1cc(C2Nc3c(C(=O)N(C)C)cccc3C3C=CCC32)ccc1O. The van der Waals surface area contributed by atoms with Crippen molar-refractivity contribution in [1.29, 1.82) is 0 Å². The van der Waals surface area contributed by atoms with Crippen LogP contribution in [0.2, 0.25) is 0 Å². The lowest BCUT2D eigenvalue weighted by atomic mass is 9.76. The first-order chi connectivity index (χ1) is 13.0. The second-order valence-electron chi connectivity index (χ2n) is 7.38. The number of phenolic OH excluding ortho intramolecular Hbond substituents is 1. The van der Waals surface area contributed by atoms with Gasteiger partial charge in [0.2, 0.25) is 0 Å². The van der Waals surface area contributed by atoms with Crippen LogP contribution in [-0.2, 0) is 0 Å². The molecule has 27 heavy (non-hydrogen) atoms. The molecule has 1 aliphatic carbocycles. The molecule has 3 atom stereocenters. The highest BCUT2D eigenvalue weighted by atomic mass is 16.5. The van der Waals surface area contributed by atoms with Gasteiger partial charge in [0.25, 0.3) is 5.91 Å². The summed E-state index contributed by atoms with van der Waals surface area (Å²) in [4.78, 5) is 14.3. The van der Waals surface area contributed by atoms with Crippen LogP contribution in [0.4, 0.5) is 5.69 Å². The molecule has 0 bridgehead atoms. The summed E-state index contributed by atoms with van der Waals surface area (Å²) in [5, 5.41) is 13.6. The highest BCUT2D eigenvalue weighted by Crippen LogP contribution is 2.51. The van der Waals surface area contributed by atoms with Crippen LogP contribution in [0.5, 0.6) is 11.5 Å². The predicted molar refractivity (Wildman–Crippen MR) is 105 cm³/mol. The molecule has 1 amide bonds. The number of hydrogen-bond acceptors (Lipinski definition) is 4. The molecule has 0 aromatic heterocycles. The van der Waals surface area contributed by atoms with Crippen LogP contribution in [0.1, 0.15) is 39.9 Å². The van der Waals surface area contributed by atoms with Crippen LogP contribution < -0.4 is 10.1 Å². The normalized spacial score (nSPS) is 22.6. The Bertz CT molecular complexity index is 920. The molecule has 0 spiro atoms. The Morgan fingerprint density at radius 3 is 2.81 bits per heavy atom. The first kappa shape index (κ1) is 17.5. The van der Waals surface area contributed by atoms with Gasteiger partial charge in [-0.2, -0.15) is 0 Å². The van der Waals surface area contributed by atoms with Gasteiger partial charge in [-0.1, -0.05) is 30.4 Å². The molecule has 0 radical (unpaired) electrons. The minimum absolute atomic E-state index is 0.0122. The monoisotopic (exact) mass is 364 g/mol. The van der Waals surface area contributed by atoms with Crippen molar-refractivity contribution in [1.82, 2.24) is 4.90 Å². The number of allylic oxidation sites excluding steroid dienone is 2. The molecule has 0 saturated carbocycles. The number of nitrogens with zero attached hydrogens (tertiary/aromatic N) is 1. The Kier molecular flexibility index (Phi) is 4.30. The first-order valence-electron chi connectivity index (χ1n) is 9.16. The Labute approximate surface area is 159 Å². The number of aromatic hydroxyl groups is 1. The Morgan fingerprint density at radius 1 is 1.26 bits per heavy atom. The highest BCUT2D eigenvalue weighted by Gasteiger charge is 2.39. The van der Waals surface area contributed by atoms with E-state index in [1.807, 2.05) is 24.3 Å². The molecule has 1 heterocycles. The summed E-state index contributed by atoms with van der Waals surface area (Å²) in [6.07, 6.45) is 5.44. The number of para-hydroxylation sites is 1. The zero-order valence-electron chi connectivity index (χ0n) is 15.8. The van der Waals surface area contributed by atoms with E-state index in [0.717, 1.165) is 17.7 Å². The topological polar surface area (TPSA) is 61.8 Å². The molecule has 2 aromatic rings. The molecule has 1 aliphatic heterocycles. The molecular formula is C22H24N2O3. The lowest BCUT2D eigenvalue weighted by Gasteiger charge is -2.38. The number of fused-ring (bicyclic) bond motifs is 3. The summed E-state index contributed by atoms with van der Waals surface area (Å²) in [5.41, 5.74) is 3.80. The maximum absolute atomic E-state index is 12.7. The van der Waals surface area contributed by atoms with Crippen LogP contribution >= 0.6 is 0 Å². The molecule has 2 aromatic carbocycles. The van der Waals surface area contributed by atoms with Gasteiger partial charge in [0, 0.05) is 20.0 Å². The number of nitrogens with one attached hydrogen (secondary N) is 1. The molecule has 3 unspecified atom stereocenters.